The number of carbonyl (C=O) groups excluding carboxylic acids is 1. The predicted octanol–water partition coefficient (Wildman–Crippen LogP) is 2.99. The Labute approximate surface area is 138 Å². The number of amides is 1. The second kappa shape index (κ2) is 7.77. The Kier molecular flexibility index (Phi) is 5.49. The lowest BCUT2D eigenvalue weighted by Gasteiger charge is -2.19. The van der Waals surface area contributed by atoms with Crippen LogP contribution in [-0.4, -0.2) is 28.8 Å². The first-order chi connectivity index (χ1) is 11.3. The van der Waals surface area contributed by atoms with Crippen molar-refractivity contribution in [2.24, 2.45) is 5.92 Å². The van der Waals surface area contributed by atoms with Crippen molar-refractivity contribution in [1.82, 2.24) is 15.1 Å². The number of hydrogen-bond donors (Lipinski definition) is 1. The fourth-order valence-corrected chi connectivity index (χ4v) is 3.61. The van der Waals surface area contributed by atoms with Gasteiger partial charge in [-0.2, -0.15) is 5.10 Å². The van der Waals surface area contributed by atoms with E-state index in [0.717, 1.165) is 31.6 Å². The van der Waals surface area contributed by atoms with Crippen molar-refractivity contribution in [2.45, 2.75) is 58.1 Å². The van der Waals surface area contributed by atoms with Gasteiger partial charge in [0.25, 0.3) is 0 Å². The van der Waals surface area contributed by atoms with Crippen molar-refractivity contribution in [1.29, 1.82) is 0 Å². The van der Waals surface area contributed by atoms with Gasteiger partial charge in [0.05, 0.1) is 11.6 Å². The van der Waals surface area contributed by atoms with Gasteiger partial charge in [0, 0.05) is 25.9 Å². The number of aryl methyl sites for hydroxylation is 1. The summed E-state index contributed by atoms with van der Waals surface area (Å²) >= 11 is 0. The van der Waals surface area contributed by atoms with Crippen LogP contribution in [0.15, 0.2) is 23.9 Å². The van der Waals surface area contributed by atoms with Gasteiger partial charge in [0.2, 0.25) is 5.91 Å². The van der Waals surface area contributed by atoms with Gasteiger partial charge in [-0.15, -0.1) is 0 Å². The van der Waals surface area contributed by atoms with Gasteiger partial charge in [-0.05, 0) is 51.5 Å². The Morgan fingerprint density at radius 2 is 2.39 bits per heavy atom. The number of aromatic nitrogens is 2. The fourth-order valence-electron chi connectivity index (χ4n) is 3.61. The summed E-state index contributed by atoms with van der Waals surface area (Å²) in [5, 5.41) is 7.41. The Bertz CT molecular complexity index is 564. The number of nitrogens with one attached hydrogen (secondary N) is 1. The second-order valence-corrected chi connectivity index (χ2v) is 6.41. The first kappa shape index (κ1) is 16.2. The Morgan fingerprint density at radius 3 is 3.17 bits per heavy atom. The van der Waals surface area contributed by atoms with Crippen LogP contribution in [0.5, 0.6) is 0 Å². The third kappa shape index (κ3) is 3.83. The molecule has 1 aromatic heterocycles. The molecule has 1 aliphatic carbocycles. The van der Waals surface area contributed by atoms with E-state index in [1.165, 1.54) is 31.3 Å². The maximum absolute atomic E-state index is 12.6. The lowest BCUT2D eigenvalue weighted by Crippen LogP contribution is -2.33. The number of allylic oxidation sites excluding steroid dienone is 1. The molecule has 3 rings (SSSR count). The first-order valence-electron chi connectivity index (χ1n) is 8.88. The molecular formula is C18H27N3O2. The topological polar surface area (TPSA) is 56.2 Å². The van der Waals surface area contributed by atoms with Crippen LogP contribution < -0.4 is 5.32 Å². The van der Waals surface area contributed by atoms with Gasteiger partial charge in [-0.3, -0.25) is 9.48 Å². The first-order valence-corrected chi connectivity index (χ1v) is 8.88. The van der Waals surface area contributed by atoms with Crippen molar-refractivity contribution in [3.05, 3.63) is 29.6 Å². The van der Waals surface area contributed by atoms with E-state index in [1.54, 1.807) is 6.20 Å². The molecule has 0 spiro atoms. The van der Waals surface area contributed by atoms with Crippen LogP contribution in [0.2, 0.25) is 0 Å². The normalized spacial score (nSPS) is 24.5. The molecule has 1 amide bonds. The molecule has 2 heterocycles. The van der Waals surface area contributed by atoms with Crippen LogP contribution in [0.4, 0.5) is 0 Å². The van der Waals surface area contributed by atoms with E-state index < -0.39 is 0 Å². The van der Waals surface area contributed by atoms with Crippen molar-refractivity contribution >= 4 is 5.91 Å². The minimum atomic E-state index is -0.161. The van der Waals surface area contributed by atoms with Gasteiger partial charge in [-0.25, -0.2) is 0 Å². The van der Waals surface area contributed by atoms with Crippen molar-refractivity contribution in [2.75, 3.05) is 13.2 Å². The highest BCUT2D eigenvalue weighted by atomic mass is 16.5. The molecule has 5 nitrogen and oxygen atoms in total. The molecule has 0 unspecified atom stereocenters. The van der Waals surface area contributed by atoms with Crippen LogP contribution in [0, 0.1) is 5.92 Å². The summed E-state index contributed by atoms with van der Waals surface area (Å²) in [5.41, 5.74) is 2.51. The summed E-state index contributed by atoms with van der Waals surface area (Å²) in [4.78, 5) is 12.6. The predicted molar refractivity (Wildman–Crippen MR) is 88.9 cm³/mol. The summed E-state index contributed by atoms with van der Waals surface area (Å²) in [6, 6.07) is 1.96. The molecule has 2 atom stereocenters. The van der Waals surface area contributed by atoms with E-state index in [0.29, 0.717) is 6.61 Å². The molecule has 5 heteroatoms. The fraction of sp³-hybridized carbons (Fsp3) is 0.667. The standard InChI is InChI=1S/C18H27N3O2/c1-2-21-16(9-12-20-21)17-15(10-13-23-17)18(22)19-11-8-14-6-4-3-5-7-14/h6,9,12,15,17H,2-5,7-8,10-11,13H2,1H3,(H,19,22)/t15-,17-/m1/s1. The summed E-state index contributed by atoms with van der Waals surface area (Å²) < 4.78 is 7.76. The van der Waals surface area contributed by atoms with Gasteiger partial charge in [0.1, 0.15) is 6.10 Å². The molecule has 126 valence electrons. The Balaban J connectivity index is 1.54. The molecule has 0 bridgehead atoms. The van der Waals surface area contributed by atoms with Crippen LogP contribution in [0.1, 0.15) is 57.2 Å². The summed E-state index contributed by atoms with van der Waals surface area (Å²) in [5.74, 6) is 0.0186. The second-order valence-electron chi connectivity index (χ2n) is 6.41. The quantitative estimate of drug-likeness (QED) is 0.821. The summed E-state index contributed by atoms with van der Waals surface area (Å²) in [6.45, 7) is 4.23. The highest BCUT2D eigenvalue weighted by Gasteiger charge is 2.36. The van der Waals surface area contributed by atoms with E-state index in [9.17, 15) is 4.79 Å². The average Bonchev–Trinajstić information content (AvgIpc) is 3.24. The van der Waals surface area contributed by atoms with Crippen molar-refractivity contribution < 1.29 is 9.53 Å². The van der Waals surface area contributed by atoms with E-state index in [2.05, 4.69) is 23.4 Å². The van der Waals surface area contributed by atoms with Gasteiger partial charge in [0.15, 0.2) is 0 Å². The molecule has 0 aromatic carbocycles. The van der Waals surface area contributed by atoms with Crippen LogP contribution in [-0.2, 0) is 16.1 Å². The van der Waals surface area contributed by atoms with Crippen molar-refractivity contribution in [3.8, 4) is 0 Å². The summed E-state index contributed by atoms with van der Waals surface area (Å²) in [6.07, 6.45) is 10.7. The zero-order chi connectivity index (χ0) is 16.1. The monoisotopic (exact) mass is 317 g/mol. The van der Waals surface area contributed by atoms with Gasteiger partial charge in [-0.1, -0.05) is 11.6 Å². The SMILES string of the molecule is CCn1nccc1[C@@H]1OCC[C@H]1C(=O)NCCC1=CCCCC1. The maximum Gasteiger partial charge on any atom is 0.226 e. The minimum Gasteiger partial charge on any atom is -0.371 e. The maximum atomic E-state index is 12.6. The Hall–Kier alpha value is -1.62. The zero-order valence-corrected chi connectivity index (χ0v) is 14.0. The molecule has 0 radical (unpaired) electrons. The molecule has 2 aliphatic rings. The number of hydrogen-bond acceptors (Lipinski definition) is 3. The van der Waals surface area contributed by atoms with Crippen LogP contribution in [0.25, 0.3) is 0 Å². The number of rotatable bonds is 6. The van der Waals surface area contributed by atoms with E-state index >= 15 is 0 Å². The number of carbonyl (C=O) groups is 1. The smallest absolute Gasteiger partial charge is 0.226 e. The third-order valence-electron chi connectivity index (χ3n) is 4.90. The highest BCUT2D eigenvalue weighted by Crippen LogP contribution is 2.34. The lowest BCUT2D eigenvalue weighted by atomic mass is 9.96. The van der Waals surface area contributed by atoms with E-state index in [-0.39, 0.29) is 17.9 Å². The van der Waals surface area contributed by atoms with Crippen molar-refractivity contribution in [3.63, 3.8) is 0 Å². The zero-order valence-electron chi connectivity index (χ0n) is 14.0. The molecule has 1 aliphatic heterocycles. The third-order valence-corrected chi connectivity index (χ3v) is 4.90. The molecule has 23 heavy (non-hydrogen) atoms. The van der Waals surface area contributed by atoms with Crippen LogP contribution in [0.3, 0.4) is 0 Å². The lowest BCUT2D eigenvalue weighted by molar-refractivity contribution is -0.126. The molecule has 1 saturated heterocycles. The van der Waals surface area contributed by atoms with E-state index in [4.69, 9.17) is 4.74 Å². The molecule has 0 saturated carbocycles. The van der Waals surface area contributed by atoms with Gasteiger partial charge >= 0.3 is 0 Å². The molecule has 1 aromatic rings. The summed E-state index contributed by atoms with van der Waals surface area (Å²) in [7, 11) is 0. The average molecular weight is 317 g/mol. The minimum absolute atomic E-state index is 0.0997. The molecule has 1 fully saturated rings. The molecular weight excluding hydrogens is 290 g/mol. The van der Waals surface area contributed by atoms with E-state index in [1.807, 2.05) is 10.7 Å². The largest absolute Gasteiger partial charge is 0.371 e. The number of ether oxygens (including phenoxy) is 1. The van der Waals surface area contributed by atoms with Gasteiger partial charge < -0.3 is 10.1 Å². The molecule has 1 N–H and O–H groups in total. The number of nitrogens with zero attached hydrogens (tertiary/aromatic N) is 2. The van der Waals surface area contributed by atoms with Crippen LogP contribution >= 0.6 is 0 Å². The highest BCUT2D eigenvalue weighted by molar-refractivity contribution is 5.79. The Morgan fingerprint density at radius 1 is 1.48 bits per heavy atom.